The van der Waals surface area contributed by atoms with Crippen LogP contribution in [-0.4, -0.2) is 362 Å². The fourth-order valence-electron chi connectivity index (χ4n) is 23.0. The third-order valence-corrected chi connectivity index (χ3v) is 30.9. The highest BCUT2D eigenvalue weighted by Crippen LogP contribution is 2.57. The van der Waals surface area contributed by atoms with E-state index >= 15 is 0 Å². The van der Waals surface area contributed by atoms with Crippen LogP contribution in [0.5, 0.6) is 0 Å². The van der Waals surface area contributed by atoms with Crippen LogP contribution in [0.25, 0.3) is 0 Å². The lowest BCUT2D eigenvalue weighted by Gasteiger charge is -2.41. The number of amides is 7. The highest BCUT2D eigenvalue weighted by molar-refractivity contribution is 6.09. The van der Waals surface area contributed by atoms with Crippen LogP contribution in [-0.2, 0) is 33.6 Å². The number of carbonyl (C=O) groups excluding carboxylic acids is 7. The number of rotatable bonds is 13. The molecule has 46 heteroatoms. The average Bonchev–Trinajstić information content (AvgIpc) is 1.58. The number of aliphatic imine (C=N–C) groups is 8. The van der Waals surface area contributed by atoms with Gasteiger partial charge < -0.3 is 130 Å². The largest absolute Gasteiger partial charge is 0.392 e. The van der Waals surface area contributed by atoms with Crippen LogP contribution < -0.4 is 81.4 Å². The maximum atomic E-state index is 12.5. The van der Waals surface area contributed by atoms with Gasteiger partial charge in [-0.05, 0) is 220 Å². The molecule has 784 valence electrons. The van der Waals surface area contributed by atoms with Gasteiger partial charge in [-0.15, -0.1) is 0 Å². The van der Waals surface area contributed by atoms with Crippen molar-refractivity contribution in [2.24, 2.45) is 140 Å². The third kappa shape index (κ3) is 21.6. The van der Waals surface area contributed by atoms with Gasteiger partial charge in [0.25, 0.3) is 11.8 Å². The zero-order chi connectivity index (χ0) is 105. The molecule has 21 rings (SSSR count). The lowest BCUT2D eigenvalue weighted by atomic mass is 9.93. The van der Waals surface area contributed by atoms with E-state index in [0.29, 0.717) is 79.1 Å². The Morgan fingerprint density at radius 3 is 1.16 bits per heavy atom. The van der Waals surface area contributed by atoms with Crippen molar-refractivity contribution in [1.29, 1.82) is 10.8 Å². The van der Waals surface area contributed by atoms with E-state index in [1.54, 1.807) is 45.1 Å². The van der Waals surface area contributed by atoms with Gasteiger partial charge in [-0.25, -0.2) is 30.0 Å². The topological polar surface area (TPSA) is 650 Å². The third-order valence-electron chi connectivity index (χ3n) is 30.9. The van der Waals surface area contributed by atoms with Crippen molar-refractivity contribution in [1.82, 2.24) is 97.7 Å². The molecular weight excluding hydrogens is 1840 g/mol. The first kappa shape index (κ1) is 106. The first-order chi connectivity index (χ1) is 66.6. The summed E-state index contributed by atoms with van der Waals surface area (Å²) in [7, 11) is 3.62. The van der Waals surface area contributed by atoms with Gasteiger partial charge in [-0.3, -0.25) is 75.5 Å². The summed E-state index contributed by atoms with van der Waals surface area (Å²) < 4.78 is 0. The second kappa shape index (κ2) is 39.5. The summed E-state index contributed by atoms with van der Waals surface area (Å²) >= 11 is 0. The van der Waals surface area contributed by atoms with Gasteiger partial charge in [0.2, 0.25) is 29.5 Å². The Morgan fingerprint density at radius 2 is 0.776 bits per heavy atom. The summed E-state index contributed by atoms with van der Waals surface area (Å²) in [4.78, 5) is 135. The van der Waals surface area contributed by atoms with Crippen LogP contribution in [0.3, 0.4) is 0 Å². The number of hydrogen-bond acceptors (Lipinski definition) is 38. The second-order valence-electron chi connectivity index (χ2n) is 47.3. The lowest BCUT2D eigenvalue weighted by Crippen LogP contribution is -2.64. The Kier molecular flexibility index (Phi) is 29.3. The van der Waals surface area contributed by atoms with Crippen molar-refractivity contribution in [3.05, 3.63) is 71.0 Å². The minimum absolute atomic E-state index is 0.0120. The molecule has 0 aromatic carbocycles. The normalized spacial score (nSPS) is 37.5. The summed E-state index contributed by atoms with van der Waals surface area (Å²) in [6, 6.07) is -0.543. The lowest BCUT2D eigenvalue weighted by molar-refractivity contribution is -0.129. The quantitative estimate of drug-likeness (QED) is 0.0647. The minimum atomic E-state index is -0.879. The second-order valence-corrected chi connectivity index (χ2v) is 47.3. The highest BCUT2D eigenvalue weighted by Gasteiger charge is 2.62. The van der Waals surface area contributed by atoms with Crippen molar-refractivity contribution in [3.8, 4) is 0 Å². The molecule has 21 aliphatic rings. The van der Waals surface area contributed by atoms with E-state index < -0.39 is 42.2 Å². The maximum Gasteiger partial charge on any atom is 0.256 e. The van der Waals surface area contributed by atoms with E-state index in [4.69, 9.17) is 33.8 Å². The molecule has 14 aliphatic heterocycles. The molecule has 32 atom stereocenters. The number of hydrogen-bond donors (Lipinski definition) is 23. The van der Waals surface area contributed by atoms with Gasteiger partial charge in [-0.2, -0.15) is 0 Å². The number of fused-ring (bicyclic) bond motifs is 10. The van der Waals surface area contributed by atoms with Crippen LogP contribution in [0, 0.1) is 87.8 Å². The molecule has 0 spiro atoms. The molecular formula is C97H153N33O13. The molecule has 6 saturated carbocycles. The molecule has 7 aliphatic carbocycles. The first-order valence-corrected chi connectivity index (χ1v) is 49.8. The smallest absolute Gasteiger partial charge is 0.256 e. The van der Waals surface area contributed by atoms with Gasteiger partial charge in [0.05, 0.1) is 61.9 Å². The van der Waals surface area contributed by atoms with Gasteiger partial charge >= 0.3 is 0 Å². The number of guanidine groups is 5. The molecule has 46 nitrogen and oxygen atoms in total. The number of nitrogens with zero attached hydrogens (tertiary/aromatic N) is 16. The number of aliphatic hydroxyl groups excluding tert-OH is 6. The Bertz CT molecular complexity index is 5310. The minimum Gasteiger partial charge on any atom is -0.392 e. The van der Waals surface area contributed by atoms with Gasteiger partial charge in [0, 0.05) is 134 Å². The molecule has 143 heavy (non-hydrogen) atoms. The van der Waals surface area contributed by atoms with Crippen molar-refractivity contribution >= 4 is 102 Å². The molecule has 0 aromatic heterocycles. The SMILES string of the molecule is CC(=N)C1=CN(C(C)(C)C)C2NC(=N)NC(=O)C12.CC(C)(C)N1C=C(CNC2C(O)C(O)C3CC32)C2C(=O)NC(N)=NC21.CC(C)(C)N1C=C(CNC2C=CC(O)C2O)C2C(=O)NC(N)=NC21.CC(C)(C)N1C=NC2C(=O)NC=NC21.CC1C(O)C2CC2C1NCC1=CN(C(C)(C)C)C2N=C(N)NC(=O)C12.CC1C(O)C2CC2C1NCC1=CN(C)C2N=C(N)NC(=O)C12.CN1C=NC2C(N=CN2C(C)(C)C)C1=O. The maximum absolute atomic E-state index is 12.5. The van der Waals surface area contributed by atoms with Crippen LogP contribution in [0.4, 0.5) is 0 Å². The summed E-state index contributed by atoms with van der Waals surface area (Å²) in [5, 5.41) is 108. The van der Waals surface area contributed by atoms with Crippen molar-refractivity contribution in [2.75, 3.05) is 40.3 Å². The van der Waals surface area contributed by atoms with Crippen LogP contribution in [0.1, 0.15) is 165 Å². The Labute approximate surface area is 835 Å². The van der Waals surface area contributed by atoms with Crippen LogP contribution >= 0.6 is 0 Å². The van der Waals surface area contributed by atoms with Gasteiger partial charge in [0.15, 0.2) is 54.2 Å². The first-order valence-electron chi connectivity index (χ1n) is 49.8. The van der Waals surface area contributed by atoms with Crippen LogP contribution in [0.2, 0.25) is 0 Å². The molecule has 7 fully saturated rings. The molecule has 14 heterocycles. The summed E-state index contributed by atoms with van der Waals surface area (Å²) in [5.41, 5.74) is 27.0. The number of nitrogens with two attached hydrogens (primary N) is 4. The highest BCUT2D eigenvalue weighted by atomic mass is 16.3. The Morgan fingerprint density at radius 1 is 0.406 bits per heavy atom. The number of carbonyl (C=O) groups is 7. The van der Waals surface area contributed by atoms with E-state index in [0.717, 1.165) is 41.6 Å². The van der Waals surface area contributed by atoms with Crippen molar-refractivity contribution in [3.63, 3.8) is 0 Å². The zero-order valence-corrected chi connectivity index (χ0v) is 86.3. The number of likely N-dealkylation sites (N-methyl/N-ethyl adjacent to an activating group) is 1. The van der Waals surface area contributed by atoms with E-state index in [1.807, 2.05) is 77.1 Å². The van der Waals surface area contributed by atoms with E-state index in [-0.39, 0.29) is 214 Å². The molecule has 0 aromatic rings. The summed E-state index contributed by atoms with van der Waals surface area (Å²) in [6.45, 7) is 45.4. The fourth-order valence-corrected chi connectivity index (χ4v) is 23.0. The predicted octanol–water partition coefficient (Wildman–Crippen LogP) is -2.97. The average molecular weight is 1990 g/mol. The van der Waals surface area contributed by atoms with Crippen molar-refractivity contribution in [2.45, 2.75) is 314 Å². The predicted molar refractivity (Wildman–Crippen MR) is 541 cm³/mol. The standard InChI is InChI=1S/C18H29N5O2.C17H27N5O3.C16H25N5O3.C15H23N5O2.C12H19N5O.C10H16N4O.C9H14N4O/c1-8-13(10-5-11(10)14(8)24)20-6-9-7-23(18(2,3)4)15-12(9)16(25)22-17(19)21-15;1-17(2,3)22-6-7(10-14(22)20-16(18)21-15(10)25)5-19-11-8-4-9(8)12(23)13(11)24;1-16(2,3)21-7-8(6-18-9-4-5-10(22)12(9)23)11-13(21)19-15(17)20-14(11)24;1-6-11(8-3-9(8)12(6)21)17-4-7-5-20(2)13-10(7)14(22)19-15(16)18-13;1-6(13)7-5-17(12(2,3)4)9-8(7)10(18)16-11(14)15-9;1-10(2,3)14-6-11-7-8(14)12-5-13(4)9(7)15;1-9(2,3)13-5-12-6-7(13)10-4-11-8(6)14/h7-8,10-15,20,24H,5-6H2,1-4H3,(H3,19,21,22,25);6,8-14,19,23-24H,4-5H2,1-3H3,(H3,18,20,21,25);4-5,7,9-13,18,22-23H,6H2,1-3H3,(H3,17,19,20,24);5-6,8-13,17,21H,3-4H2,1-2H3,(H3,16,18,19,22);5,8-9,13H,1-4H3,(H3,14,15,16,18);5-8H,1-4H3;4-7H,1-3H3,(H,10,11,14). The van der Waals surface area contributed by atoms with E-state index in [2.05, 4.69) is 232 Å². The zero-order valence-electron chi connectivity index (χ0n) is 86.3. The monoisotopic (exact) mass is 1990 g/mol. The number of aliphatic hydroxyl groups is 6. The molecule has 7 amide bonds. The van der Waals surface area contributed by atoms with Gasteiger partial charge in [-0.1, -0.05) is 26.0 Å². The Balaban J connectivity index is 0.000000127. The molecule has 27 N–H and O–H groups in total. The number of nitrogens with one attached hydrogen (secondary N) is 13. The van der Waals surface area contributed by atoms with E-state index in [9.17, 15) is 64.2 Å². The summed E-state index contributed by atoms with van der Waals surface area (Å²) in [5.74, 6) is 1.29. The molecule has 0 radical (unpaired) electrons. The van der Waals surface area contributed by atoms with E-state index in [1.165, 1.54) is 11.2 Å². The molecule has 0 bridgehead atoms. The van der Waals surface area contributed by atoms with Gasteiger partial charge in [0.1, 0.15) is 66.5 Å². The fraction of sp³-hybridized carbons (Fsp3) is 0.701. The molecule has 1 saturated heterocycles. The molecule has 32 unspecified atom stereocenters. The summed E-state index contributed by atoms with van der Waals surface area (Å²) in [6.07, 6.45) is 17.6. The van der Waals surface area contributed by atoms with Crippen molar-refractivity contribution < 1.29 is 64.2 Å². The Hall–Kier alpha value is -11.4. The van der Waals surface area contributed by atoms with Crippen LogP contribution in [0.15, 0.2) is 111 Å².